The van der Waals surface area contributed by atoms with E-state index in [0.717, 1.165) is 5.02 Å². The average Bonchev–Trinajstić information content (AvgIpc) is 3.14. The van der Waals surface area contributed by atoms with E-state index in [4.69, 9.17) is 11.6 Å². The van der Waals surface area contributed by atoms with Crippen LogP contribution in [-0.2, 0) is 0 Å². The Morgan fingerprint density at radius 1 is 0.536 bits per heavy atom. The minimum absolute atomic E-state index is 0.766. The van der Waals surface area contributed by atoms with Gasteiger partial charge in [0.1, 0.15) is 0 Å². The highest BCUT2D eigenvalue weighted by molar-refractivity contribution is 7.27. The van der Waals surface area contributed by atoms with Crippen molar-refractivity contribution in [3.05, 3.63) is 96.0 Å². The summed E-state index contributed by atoms with van der Waals surface area (Å²) < 4.78 is 2.72. The third-order valence-electron chi connectivity index (χ3n) is 5.52. The van der Waals surface area contributed by atoms with Crippen LogP contribution in [0.5, 0.6) is 0 Å². The van der Waals surface area contributed by atoms with Gasteiger partial charge in [-0.3, -0.25) is 0 Å². The van der Waals surface area contributed by atoms with Crippen LogP contribution in [0.3, 0.4) is 0 Å². The van der Waals surface area contributed by atoms with Gasteiger partial charge in [0, 0.05) is 30.6 Å². The molecule has 1 heterocycles. The van der Waals surface area contributed by atoms with Crippen molar-refractivity contribution in [2.24, 2.45) is 0 Å². The molecule has 5 aromatic carbocycles. The zero-order valence-electron chi connectivity index (χ0n) is 14.9. The first-order chi connectivity index (χ1) is 13.8. The second-order valence-electron chi connectivity index (χ2n) is 7.12. The molecular weight excluding hydrogens is 380 g/mol. The maximum atomic E-state index is 6.08. The quantitative estimate of drug-likeness (QED) is 0.245. The van der Waals surface area contributed by atoms with Crippen molar-refractivity contribution in [1.29, 1.82) is 0 Å². The van der Waals surface area contributed by atoms with Crippen LogP contribution in [0.4, 0.5) is 0 Å². The first-order valence-electron chi connectivity index (χ1n) is 9.31. The highest BCUT2D eigenvalue weighted by Gasteiger charge is 2.14. The number of hydrogen-bond donors (Lipinski definition) is 0. The summed E-state index contributed by atoms with van der Waals surface area (Å²) in [6.45, 7) is 0. The van der Waals surface area contributed by atoms with E-state index >= 15 is 0 Å². The predicted octanol–water partition coefficient (Wildman–Crippen LogP) is 8.68. The second kappa shape index (κ2) is 6.07. The van der Waals surface area contributed by atoms with Gasteiger partial charge in [-0.1, -0.05) is 78.3 Å². The van der Waals surface area contributed by atoms with E-state index in [9.17, 15) is 0 Å². The van der Waals surface area contributed by atoms with Crippen molar-refractivity contribution in [3.63, 3.8) is 0 Å². The van der Waals surface area contributed by atoms with E-state index in [0.29, 0.717) is 0 Å². The van der Waals surface area contributed by atoms with E-state index in [1.807, 2.05) is 23.5 Å². The minimum atomic E-state index is 0.766. The normalized spacial score (nSPS) is 11.8. The topological polar surface area (TPSA) is 0 Å². The molecule has 0 nitrogen and oxygen atoms in total. The van der Waals surface area contributed by atoms with E-state index in [2.05, 4.69) is 78.9 Å². The molecule has 6 aromatic rings. The highest BCUT2D eigenvalue weighted by Crippen LogP contribution is 2.44. The molecule has 0 N–H and O–H groups in total. The van der Waals surface area contributed by atoms with Gasteiger partial charge in [-0.15, -0.1) is 11.3 Å². The fourth-order valence-electron chi connectivity index (χ4n) is 4.23. The minimum Gasteiger partial charge on any atom is -0.135 e. The Kier molecular flexibility index (Phi) is 3.49. The molecule has 28 heavy (non-hydrogen) atoms. The zero-order valence-corrected chi connectivity index (χ0v) is 16.5. The Morgan fingerprint density at radius 3 is 2.04 bits per heavy atom. The third kappa shape index (κ3) is 2.30. The summed E-state index contributed by atoms with van der Waals surface area (Å²) in [5, 5.41) is 8.77. The molecule has 2 heteroatoms. The highest BCUT2D eigenvalue weighted by atomic mass is 35.5. The lowest BCUT2D eigenvalue weighted by molar-refractivity contribution is 1.65. The summed E-state index contributed by atoms with van der Waals surface area (Å²) in [6, 6.07) is 32.4. The van der Waals surface area contributed by atoms with Crippen molar-refractivity contribution < 1.29 is 0 Å². The molecule has 0 radical (unpaired) electrons. The Balaban J connectivity index is 1.79. The van der Waals surface area contributed by atoms with Gasteiger partial charge in [-0.2, -0.15) is 0 Å². The summed E-state index contributed by atoms with van der Waals surface area (Å²) >= 11 is 7.97. The van der Waals surface area contributed by atoms with Gasteiger partial charge in [-0.25, -0.2) is 0 Å². The molecule has 0 spiro atoms. The predicted molar refractivity (Wildman–Crippen MR) is 125 cm³/mol. The molecule has 0 atom stereocenters. The lowest BCUT2D eigenvalue weighted by Gasteiger charge is -2.10. The van der Waals surface area contributed by atoms with Gasteiger partial charge >= 0.3 is 0 Å². The summed E-state index contributed by atoms with van der Waals surface area (Å²) in [6.07, 6.45) is 0. The number of halogens is 1. The number of fused-ring (bicyclic) bond motifs is 8. The SMILES string of the molecule is Clc1ccc(-c2ccc3c(c2)c2ccccc2c2c4ccccc4sc32)cc1. The molecule has 0 aliphatic carbocycles. The second-order valence-corrected chi connectivity index (χ2v) is 8.60. The van der Waals surface area contributed by atoms with Gasteiger partial charge in [-0.05, 0) is 51.6 Å². The fourth-order valence-corrected chi connectivity index (χ4v) is 5.61. The van der Waals surface area contributed by atoms with Crippen LogP contribution in [0.2, 0.25) is 5.02 Å². The van der Waals surface area contributed by atoms with Crippen molar-refractivity contribution in [2.75, 3.05) is 0 Å². The smallest absolute Gasteiger partial charge is 0.0440 e. The van der Waals surface area contributed by atoms with Crippen LogP contribution in [0.25, 0.3) is 52.8 Å². The molecule has 0 saturated heterocycles. The molecule has 0 amide bonds. The molecule has 0 bridgehead atoms. The molecule has 6 rings (SSSR count). The molecule has 0 aliphatic rings. The van der Waals surface area contributed by atoms with Crippen LogP contribution in [0, 0.1) is 0 Å². The summed E-state index contributed by atoms with van der Waals surface area (Å²) in [7, 11) is 0. The monoisotopic (exact) mass is 394 g/mol. The summed E-state index contributed by atoms with van der Waals surface area (Å²) in [5.41, 5.74) is 2.40. The summed E-state index contributed by atoms with van der Waals surface area (Å²) in [5.74, 6) is 0. The molecule has 132 valence electrons. The van der Waals surface area contributed by atoms with E-state index in [1.165, 1.54) is 52.8 Å². The Hall–Kier alpha value is -2.87. The van der Waals surface area contributed by atoms with Crippen LogP contribution < -0.4 is 0 Å². The van der Waals surface area contributed by atoms with Crippen molar-refractivity contribution >= 4 is 64.7 Å². The number of thiophene rings is 1. The maximum Gasteiger partial charge on any atom is 0.0440 e. The Bertz CT molecular complexity index is 1510. The number of hydrogen-bond acceptors (Lipinski definition) is 1. The molecule has 0 saturated carbocycles. The lowest BCUT2D eigenvalue weighted by Crippen LogP contribution is -1.83. The third-order valence-corrected chi connectivity index (χ3v) is 6.98. The summed E-state index contributed by atoms with van der Waals surface area (Å²) in [4.78, 5) is 0. The van der Waals surface area contributed by atoms with Crippen LogP contribution >= 0.6 is 22.9 Å². The first kappa shape index (κ1) is 16.1. The van der Waals surface area contributed by atoms with E-state index in [-0.39, 0.29) is 0 Å². The lowest BCUT2D eigenvalue weighted by atomic mass is 9.94. The maximum absolute atomic E-state index is 6.08. The van der Waals surface area contributed by atoms with Crippen LogP contribution in [0.15, 0.2) is 91.0 Å². The molecule has 0 fully saturated rings. The number of rotatable bonds is 1. The van der Waals surface area contributed by atoms with Gasteiger partial charge in [0.2, 0.25) is 0 Å². The standard InChI is InChI=1S/C26H15ClS/c27-18-12-9-16(10-13-18)17-11-14-21-23(15-17)19-5-1-2-6-20(19)25-22-7-3-4-8-24(22)28-26(21)25/h1-15H. The molecular formula is C26H15ClS. The molecule has 0 unspecified atom stereocenters. The first-order valence-corrected chi connectivity index (χ1v) is 10.5. The molecule has 1 aromatic heterocycles. The van der Waals surface area contributed by atoms with E-state index in [1.54, 1.807) is 0 Å². The fraction of sp³-hybridized carbons (Fsp3) is 0. The van der Waals surface area contributed by atoms with Gasteiger partial charge in [0.05, 0.1) is 0 Å². The zero-order chi connectivity index (χ0) is 18.7. The van der Waals surface area contributed by atoms with Gasteiger partial charge in [0.15, 0.2) is 0 Å². The van der Waals surface area contributed by atoms with Gasteiger partial charge in [0.25, 0.3) is 0 Å². The molecule has 0 aliphatic heterocycles. The average molecular weight is 395 g/mol. The van der Waals surface area contributed by atoms with E-state index < -0.39 is 0 Å². The van der Waals surface area contributed by atoms with Crippen LogP contribution in [-0.4, -0.2) is 0 Å². The van der Waals surface area contributed by atoms with Gasteiger partial charge < -0.3 is 0 Å². The van der Waals surface area contributed by atoms with Crippen molar-refractivity contribution in [1.82, 2.24) is 0 Å². The largest absolute Gasteiger partial charge is 0.135 e. The Morgan fingerprint density at radius 2 is 1.21 bits per heavy atom. The Labute approximate surface area is 171 Å². The van der Waals surface area contributed by atoms with Crippen molar-refractivity contribution in [2.45, 2.75) is 0 Å². The van der Waals surface area contributed by atoms with Crippen LogP contribution in [0.1, 0.15) is 0 Å². The number of benzene rings is 5. The van der Waals surface area contributed by atoms with Crippen molar-refractivity contribution in [3.8, 4) is 11.1 Å².